The van der Waals surface area contributed by atoms with Crippen LogP contribution in [0.5, 0.6) is 0 Å². The van der Waals surface area contributed by atoms with Gasteiger partial charge in [0.05, 0.1) is 0 Å². The zero-order valence-corrected chi connectivity index (χ0v) is 25.9. The van der Waals surface area contributed by atoms with E-state index in [1.54, 1.807) is 0 Å². The van der Waals surface area contributed by atoms with Crippen LogP contribution in [0.15, 0.2) is 146 Å². The Morgan fingerprint density at radius 1 is 0.472 bits per heavy atom. The van der Waals surface area contributed by atoms with E-state index in [9.17, 15) is 0 Å². The van der Waals surface area contributed by atoms with E-state index in [4.69, 9.17) is 0 Å². The Hall–Kier alpha value is -3.07. The molecule has 0 amide bonds. The molecule has 2 heteroatoms. The van der Waals surface area contributed by atoms with E-state index in [0.717, 1.165) is 20.6 Å². The zero-order valence-electron chi connectivity index (χ0n) is 21.3. The molecule has 178 valence electrons. The maximum absolute atomic E-state index is 3.72. The van der Waals surface area contributed by atoms with Gasteiger partial charge in [-0.1, -0.05) is 37.4 Å². The van der Waals surface area contributed by atoms with Crippen molar-refractivity contribution in [2.75, 3.05) is 0 Å². The van der Waals surface area contributed by atoms with Crippen LogP contribution in [0.3, 0.4) is 0 Å². The monoisotopic (exact) mass is 650 g/mol. The van der Waals surface area contributed by atoms with Crippen molar-refractivity contribution in [2.45, 2.75) is 13.1 Å². The largest absolute Gasteiger partial charge is 4.00 e. The summed E-state index contributed by atoms with van der Waals surface area (Å²) in [5, 5.41) is 5.32. The van der Waals surface area contributed by atoms with Crippen molar-refractivity contribution in [2.24, 2.45) is 0 Å². The minimum absolute atomic E-state index is 0. The molecule has 0 saturated carbocycles. The normalized spacial score (nSPS) is 8.94. The first-order valence-electron chi connectivity index (χ1n) is 11.7. The molecule has 0 atom stereocenters. The summed E-state index contributed by atoms with van der Waals surface area (Å²) in [5.41, 5.74) is 2.14. The summed E-state index contributed by atoms with van der Waals surface area (Å²) < 4.78 is 0. The van der Waals surface area contributed by atoms with Crippen molar-refractivity contribution in [3.63, 3.8) is 0 Å². The standard InChI is InChI=1S/2C9H7.2C7H7.C2H6Si.Hf/c2*1-2-5-9-7-3-6-8(9)4-1;2*1-7-5-3-2-4-6-7;1-3-2;/h2*1-7H;2*2-6H,1H2;1-2H3;/q4*-1;;+4. The molecule has 0 saturated heterocycles. The Morgan fingerprint density at radius 2 is 0.778 bits per heavy atom. The predicted molar refractivity (Wildman–Crippen MR) is 158 cm³/mol. The van der Waals surface area contributed by atoms with E-state index in [-0.39, 0.29) is 25.8 Å². The second kappa shape index (κ2) is 19.2. The number of fused-ring (bicyclic) bond motifs is 2. The molecule has 0 aromatic heterocycles. The van der Waals surface area contributed by atoms with Gasteiger partial charge in [0.2, 0.25) is 0 Å². The van der Waals surface area contributed by atoms with Gasteiger partial charge in [0.1, 0.15) is 0 Å². The minimum atomic E-state index is 0. The molecule has 36 heavy (non-hydrogen) atoms. The first-order chi connectivity index (χ1) is 17.1. The Bertz CT molecular complexity index is 1140. The fraction of sp³-hybridized carbons (Fsp3) is 0.0588. The summed E-state index contributed by atoms with van der Waals surface area (Å²) in [6, 6.07) is 49.1. The molecule has 0 nitrogen and oxygen atoms in total. The predicted octanol–water partition coefficient (Wildman–Crippen LogP) is 9.64. The van der Waals surface area contributed by atoms with Crippen molar-refractivity contribution in [1.82, 2.24) is 0 Å². The molecule has 2 radical (unpaired) electrons. The number of rotatable bonds is 0. The van der Waals surface area contributed by atoms with Crippen LogP contribution in [0.1, 0.15) is 11.1 Å². The Balaban J connectivity index is 0.000000231. The summed E-state index contributed by atoms with van der Waals surface area (Å²) in [6.45, 7) is 11.7. The second-order valence-corrected chi connectivity index (χ2v) is 8.78. The van der Waals surface area contributed by atoms with Crippen molar-refractivity contribution in [3.8, 4) is 0 Å². The average molecular weight is 649 g/mol. The van der Waals surface area contributed by atoms with Gasteiger partial charge in [0.25, 0.3) is 0 Å². The smallest absolute Gasteiger partial charge is 0.199 e. The van der Waals surface area contributed by atoms with Gasteiger partial charge < -0.3 is 0 Å². The summed E-state index contributed by atoms with van der Waals surface area (Å²) in [4.78, 5) is 0. The van der Waals surface area contributed by atoms with Crippen molar-refractivity contribution in [3.05, 3.63) is 171 Å². The third-order valence-corrected chi connectivity index (χ3v) is 4.78. The molecule has 0 heterocycles. The molecule has 6 rings (SSSR count). The van der Waals surface area contributed by atoms with Gasteiger partial charge in [0.15, 0.2) is 0 Å². The van der Waals surface area contributed by atoms with E-state index in [0.29, 0.717) is 0 Å². The van der Waals surface area contributed by atoms with Gasteiger partial charge in [-0.25, -0.2) is 0 Å². The minimum Gasteiger partial charge on any atom is -0.199 e. The van der Waals surface area contributed by atoms with Gasteiger partial charge in [0, 0.05) is 9.52 Å². The topological polar surface area (TPSA) is 0 Å². The maximum atomic E-state index is 3.72. The van der Waals surface area contributed by atoms with Gasteiger partial charge in [-0.05, 0) is 0 Å². The fourth-order valence-electron chi connectivity index (χ4n) is 3.10. The number of benzene rings is 4. The molecule has 0 N–H and O–H groups in total. The van der Waals surface area contributed by atoms with Crippen LogP contribution >= 0.6 is 0 Å². The summed E-state index contributed by atoms with van der Waals surface area (Å²) in [5.74, 6) is 0. The van der Waals surface area contributed by atoms with Gasteiger partial charge >= 0.3 is 25.8 Å². The van der Waals surface area contributed by atoms with Crippen LogP contribution < -0.4 is 0 Å². The Labute approximate surface area is 239 Å². The van der Waals surface area contributed by atoms with Crippen molar-refractivity contribution < 1.29 is 25.8 Å². The molecule has 6 aromatic carbocycles. The van der Waals surface area contributed by atoms with Crippen LogP contribution in [0.2, 0.25) is 13.1 Å². The molecule has 0 spiro atoms. The SMILES string of the molecule is C[Si]C.[CH2-]c1ccccc1.[CH2-]c1ccccc1.[Hf+4].c1ccc2[cH-]ccc2c1.c1ccc2[cH-]ccc2c1. The van der Waals surface area contributed by atoms with E-state index in [2.05, 4.69) is 112 Å². The molecule has 0 aliphatic rings. The third-order valence-electron chi connectivity index (χ3n) is 4.78. The molecule has 0 fully saturated rings. The summed E-state index contributed by atoms with van der Waals surface area (Å²) >= 11 is 0. The van der Waals surface area contributed by atoms with E-state index in [1.165, 1.54) is 21.5 Å². The van der Waals surface area contributed by atoms with E-state index in [1.807, 2.05) is 60.7 Å². The van der Waals surface area contributed by atoms with Crippen LogP contribution in [0, 0.1) is 13.8 Å². The molecule has 0 aliphatic heterocycles. The molecular formula is C34H34HfSi. The first kappa shape index (κ1) is 31.0. The zero-order chi connectivity index (χ0) is 25.1. The average Bonchev–Trinajstić information content (AvgIpc) is 3.56. The molecule has 0 bridgehead atoms. The Morgan fingerprint density at radius 3 is 1.06 bits per heavy atom. The molecular weight excluding hydrogens is 615 g/mol. The first-order valence-corrected chi connectivity index (χ1v) is 13.7. The number of hydrogen-bond donors (Lipinski definition) is 0. The van der Waals surface area contributed by atoms with Crippen LogP contribution in [0.25, 0.3) is 21.5 Å². The van der Waals surface area contributed by atoms with E-state index < -0.39 is 0 Å². The van der Waals surface area contributed by atoms with Gasteiger partial charge in [-0.15, -0.1) is 83.6 Å². The number of hydrogen-bond acceptors (Lipinski definition) is 0. The molecule has 0 aliphatic carbocycles. The van der Waals surface area contributed by atoms with Crippen molar-refractivity contribution in [1.29, 1.82) is 0 Å². The second-order valence-electron chi connectivity index (χ2n) is 7.78. The summed E-state index contributed by atoms with van der Waals surface area (Å²) in [6.07, 6.45) is 0. The van der Waals surface area contributed by atoms with Crippen LogP contribution in [0.4, 0.5) is 0 Å². The van der Waals surface area contributed by atoms with Crippen molar-refractivity contribution >= 4 is 31.1 Å². The van der Waals surface area contributed by atoms with Crippen LogP contribution in [-0.2, 0) is 25.8 Å². The van der Waals surface area contributed by atoms with E-state index >= 15 is 0 Å². The van der Waals surface area contributed by atoms with Gasteiger partial charge in [-0.2, -0.15) is 84.3 Å². The van der Waals surface area contributed by atoms with Crippen LogP contribution in [-0.4, -0.2) is 9.52 Å². The third kappa shape index (κ3) is 12.6. The Kier molecular flexibility index (Phi) is 16.5. The molecule has 0 unspecified atom stereocenters. The van der Waals surface area contributed by atoms with Gasteiger partial charge in [-0.3, -0.25) is 0 Å². The fourth-order valence-corrected chi connectivity index (χ4v) is 3.10. The molecule has 6 aromatic rings. The quantitative estimate of drug-likeness (QED) is 0.114. The maximum Gasteiger partial charge on any atom is 4.00 e. The summed E-state index contributed by atoms with van der Waals surface area (Å²) in [7, 11) is 1.08.